The van der Waals surface area contributed by atoms with Crippen molar-refractivity contribution in [3.63, 3.8) is 0 Å². The molecule has 27 heavy (non-hydrogen) atoms. The second-order valence-corrected chi connectivity index (χ2v) is 7.47. The number of rotatable bonds is 2. The lowest BCUT2D eigenvalue weighted by Gasteiger charge is -2.26. The minimum Gasteiger partial charge on any atom is -0.508 e. The molecule has 0 bridgehead atoms. The molecule has 0 radical (unpaired) electrons. The van der Waals surface area contributed by atoms with E-state index in [1.165, 1.54) is 6.42 Å². The molecule has 0 spiro atoms. The summed E-state index contributed by atoms with van der Waals surface area (Å²) in [5.74, 6) is 0.194. The van der Waals surface area contributed by atoms with Crippen LogP contribution in [-0.2, 0) is 6.54 Å². The monoisotopic (exact) mass is 363 g/mol. The van der Waals surface area contributed by atoms with E-state index in [0.29, 0.717) is 34.1 Å². The Morgan fingerprint density at radius 1 is 1.00 bits per heavy atom. The summed E-state index contributed by atoms with van der Waals surface area (Å²) in [6, 6.07) is 9.05. The Morgan fingerprint density at radius 3 is 2.59 bits per heavy atom. The van der Waals surface area contributed by atoms with Crippen molar-refractivity contribution in [1.82, 2.24) is 4.90 Å². The van der Waals surface area contributed by atoms with E-state index in [0.717, 1.165) is 42.4 Å². The number of fused-ring (bicyclic) bond motifs is 5. The van der Waals surface area contributed by atoms with Crippen LogP contribution in [0.5, 0.6) is 5.75 Å². The van der Waals surface area contributed by atoms with Crippen LogP contribution in [0, 0.1) is 6.92 Å². The normalized spacial score (nSPS) is 15.9. The lowest BCUT2D eigenvalue weighted by Crippen LogP contribution is -2.29. The number of furan rings is 1. The Balaban J connectivity index is 1.82. The number of nitrogens with zero attached hydrogens (tertiary/aromatic N) is 1. The fraction of sp³-hybridized carbons (Fsp3) is 0.318. The topological polar surface area (TPSA) is 66.8 Å². The van der Waals surface area contributed by atoms with Gasteiger partial charge >= 0.3 is 5.63 Å². The second kappa shape index (κ2) is 6.13. The number of aromatic hydroxyl groups is 1. The summed E-state index contributed by atoms with van der Waals surface area (Å²) < 4.78 is 11.7. The molecule has 138 valence electrons. The van der Waals surface area contributed by atoms with Gasteiger partial charge in [-0.15, -0.1) is 0 Å². The van der Waals surface area contributed by atoms with E-state index in [1.54, 1.807) is 18.2 Å². The average molecular weight is 363 g/mol. The number of phenolic OH excluding ortho intramolecular Hbond substituents is 1. The van der Waals surface area contributed by atoms with E-state index >= 15 is 0 Å². The van der Waals surface area contributed by atoms with Gasteiger partial charge in [-0.25, -0.2) is 4.79 Å². The van der Waals surface area contributed by atoms with Crippen LogP contribution < -0.4 is 5.63 Å². The summed E-state index contributed by atoms with van der Waals surface area (Å²) in [5.41, 5.74) is 3.04. The van der Waals surface area contributed by atoms with E-state index < -0.39 is 5.63 Å². The summed E-state index contributed by atoms with van der Waals surface area (Å²) in [6.07, 6.45) is 3.57. The third-order valence-corrected chi connectivity index (χ3v) is 5.56. The maximum absolute atomic E-state index is 12.8. The second-order valence-electron chi connectivity index (χ2n) is 7.47. The third-order valence-electron chi connectivity index (χ3n) is 5.56. The SMILES string of the molecule is Cc1ccc2oc(=O)c3c(oc4ccc(O)c(CN5CCCCC5)c43)c2c1. The van der Waals surface area contributed by atoms with Crippen LogP contribution in [-0.4, -0.2) is 23.1 Å². The summed E-state index contributed by atoms with van der Waals surface area (Å²) in [5, 5.41) is 12.4. The van der Waals surface area contributed by atoms with Crippen LogP contribution in [0.3, 0.4) is 0 Å². The van der Waals surface area contributed by atoms with Crippen molar-refractivity contribution < 1.29 is 13.9 Å². The van der Waals surface area contributed by atoms with Gasteiger partial charge in [-0.2, -0.15) is 0 Å². The van der Waals surface area contributed by atoms with Crippen molar-refractivity contribution in [1.29, 1.82) is 0 Å². The van der Waals surface area contributed by atoms with Gasteiger partial charge in [-0.3, -0.25) is 4.90 Å². The number of piperidine rings is 1. The van der Waals surface area contributed by atoms with Crippen LogP contribution in [0.15, 0.2) is 44.0 Å². The zero-order chi connectivity index (χ0) is 18.5. The molecule has 0 unspecified atom stereocenters. The van der Waals surface area contributed by atoms with Crippen LogP contribution in [0.25, 0.3) is 32.9 Å². The highest BCUT2D eigenvalue weighted by Crippen LogP contribution is 2.38. The molecule has 1 saturated heterocycles. The first-order valence-corrected chi connectivity index (χ1v) is 9.45. The van der Waals surface area contributed by atoms with Crippen LogP contribution in [0.4, 0.5) is 0 Å². The van der Waals surface area contributed by atoms with E-state index in [-0.39, 0.29) is 5.75 Å². The molecule has 5 nitrogen and oxygen atoms in total. The minimum absolute atomic E-state index is 0.194. The molecule has 1 N–H and O–H groups in total. The first kappa shape index (κ1) is 16.4. The number of hydrogen-bond donors (Lipinski definition) is 1. The van der Waals surface area contributed by atoms with Gasteiger partial charge in [0.25, 0.3) is 0 Å². The number of benzene rings is 2. The Hall–Kier alpha value is -2.79. The molecule has 1 aliphatic rings. The van der Waals surface area contributed by atoms with Gasteiger partial charge in [0.2, 0.25) is 0 Å². The van der Waals surface area contributed by atoms with Gasteiger partial charge in [0.1, 0.15) is 22.3 Å². The van der Waals surface area contributed by atoms with Crippen LogP contribution in [0.1, 0.15) is 30.4 Å². The average Bonchev–Trinajstić information content (AvgIpc) is 3.06. The van der Waals surface area contributed by atoms with Gasteiger partial charge in [-0.1, -0.05) is 18.1 Å². The molecule has 2 aromatic carbocycles. The van der Waals surface area contributed by atoms with Crippen LogP contribution in [0.2, 0.25) is 0 Å². The number of likely N-dealkylation sites (tertiary alicyclic amines) is 1. The third kappa shape index (κ3) is 2.61. The lowest BCUT2D eigenvalue weighted by atomic mass is 10.0. The fourth-order valence-corrected chi connectivity index (χ4v) is 4.20. The van der Waals surface area contributed by atoms with E-state index in [1.807, 2.05) is 19.1 Å². The summed E-state index contributed by atoms with van der Waals surface area (Å²) in [4.78, 5) is 15.1. The van der Waals surface area contributed by atoms with Gasteiger partial charge < -0.3 is 13.9 Å². The first-order valence-electron chi connectivity index (χ1n) is 9.45. The van der Waals surface area contributed by atoms with Gasteiger partial charge in [0.15, 0.2) is 5.58 Å². The van der Waals surface area contributed by atoms with Crippen molar-refractivity contribution >= 4 is 32.9 Å². The van der Waals surface area contributed by atoms with E-state index in [2.05, 4.69) is 4.90 Å². The molecule has 5 heteroatoms. The molecule has 0 saturated carbocycles. The van der Waals surface area contributed by atoms with Crippen LogP contribution >= 0.6 is 0 Å². The van der Waals surface area contributed by atoms with Gasteiger partial charge in [0.05, 0.1) is 5.39 Å². The molecule has 2 aromatic heterocycles. The number of aryl methyl sites for hydroxylation is 1. The largest absolute Gasteiger partial charge is 0.508 e. The molecule has 0 amide bonds. The quantitative estimate of drug-likeness (QED) is 0.523. The maximum atomic E-state index is 12.8. The summed E-state index contributed by atoms with van der Waals surface area (Å²) in [6.45, 7) is 4.60. The van der Waals surface area contributed by atoms with Gasteiger partial charge in [0, 0.05) is 17.5 Å². The minimum atomic E-state index is -0.425. The highest BCUT2D eigenvalue weighted by atomic mass is 16.4. The van der Waals surface area contributed by atoms with E-state index in [4.69, 9.17) is 8.83 Å². The Kier molecular flexibility index (Phi) is 3.72. The predicted molar refractivity (Wildman–Crippen MR) is 105 cm³/mol. The van der Waals surface area contributed by atoms with Crippen molar-refractivity contribution in [2.45, 2.75) is 32.7 Å². The Bertz CT molecular complexity index is 1230. The highest BCUT2D eigenvalue weighted by molar-refractivity contribution is 6.14. The van der Waals surface area contributed by atoms with Crippen molar-refractivity contribution in [3.05, 3.63) is 51.9 Å². The smallest absolute Gasteiger partial charge is 0.348 e. The Labute approximate surface area is 155 Å². The maximum Gasteiger partial charge on any atom is 0.348 e. The molecule has 1 fully saturated rings. The van der Waals surface area contributed by atoms with Gasteiger partial charge in [-0.05, 0) is 57.1 Å². The number of hydrogen-bond acceptors (Lipinski definition) is 5. The molecule has 0 aliphatic carbocycles. The molecular weight excluding hydrogens is 342 g/mol. The standard InChI is InChI=1S/C22H21NO4/c1-13-5-7-17-14(11-13)21-20(22(25)27-17)19-15(12-23-9-3-2-4-10-23)16(24)6-8-18(19)26-21/h5-8,11,24H,2-4,9-10,12H2,1H3. The molecule has 4 aromatic rings. The molecule has 1 aliphatic heterocycles. The molecule has 0 atom stereocenters. The van der Waals surface area contributed by atoms with Crippen molar-refractivity contribution in [2.75, 3.05) is 13.1 Å². The number of phenols is 1. The van der Waals surface area contributed by atoms with Crippen molar-refractivity contribution in [2.24, 2.45) is 0 Å². The van der Waals surface area contributed by atoms with E-state index in [9.17, 15) is 9.90 Å². The molecule has 5 rings (SSSR count). The summed E-state index contributed by atoms with van der Waals surface area (Å²) >= 11 is 0. The molecule has 3 heterocycles. The molecular formula is C22H21NO4. The zero-order valence-electron chi connectivity index (χ0n) is 15.2. The first-order chi connectivity index (χ1) is 13.1. The van der Waals surface area contributed by atoms with Crippen molar-refractivity contribution in [3.8, 4) is 5.75 Å². The fourth-order valence-electron chi connectivity index (χ4n) is 4.20. The lowest BCUT2D eigenvalue weighted by molar-refractivity contribution is 0.219. The predicted octanol–water partition coefficient (Wildman–Crippen LogP) is 4.69. The Morgan fingerprint density at radius 2 is 1.78 bits per heavy atom. The highest BCUT2D eigenvalue weighted by Gasteiger charge is 2.22. The summed E-state index contributed by atoms with van der Waals surface area (Å²) in [7, 11) is 0. The zero-order valence-corrected chi connectivity index (χ0v) is 15.2.